The van der Waals surface area contributed by atoms with Crippen LogP contribution in [0.15, 0.2) is 22.7 Å². The molecule has 0 unspecified atom stereocenters. The highest BCUT2D eigenvalue weighted by molar-refractivity contribution is 9.10. The van der Waals surface area contributed by atoms with Crippen molar-refractivity contribution in [3.05, 3.63) is 27.5 Å². The number of hydrogen-bond donors (Lipinski definition) is 2. The smallest absolute Gasteiger partial charge is 0.263 e. The van der Waals surface area contributed by atoms with Crippen molar-refractivity contribution in [2.45, 2.75) is 26.7 Å². The molecule has 1 fully saturated rings. The third kappa shape index (κ3) is 2.69. The Hall–Kier alpha value is -1.07. The number of nitrogens with two attached hydrogens (primary N) is 1. The summed E-state index contributed by atoms with van der Waals surface area (Å²) >= 11 is 4.91. The minimum atomic E-state index is -0.0447. The predicted octanol–water partition coefficient (Wildman–Crippen LogP) is 4.41. The number of carbonyl (C=O) groups is 1. The SMILES string of the molecule is CC(C)C1(CNC(=O)c2sc3cc(Br)ccc3c2N)CC1. The van der Waals surface area contributed by atoms with E-state index in [-0.39, 0.29) is 5.91 Å². The molecule has 3 nitrogen and oxygen atoms in total. The largest absolute Gasteiger partial charge is 0.397 e. The Morgan fingerprint density at radius 3 is 2.81 bits per heavy atom. The number of halogens is 1. The molecule has 1 aromatic heterocycles. The molecule has 3 N–H and O–H groups in total. The van der Waals surface area contributed by atoms with Gasteiger partial charge in [-0.1, -0.05) is 35.8 Å². The number of hydrogen-bond acceptors (Lipinski definition) is 3. The zero-order valence-corrected chi connectivity index (χ0v) is 14.6. The van der Waals surface area contributed by atoms with Gasteiger partial charge in [0.15, 0.2) is 0 Å². The topological polar surface area (TPSA) is 55.1 Å². The molecule has 1 amide bonds. The molecule has 0 saturated heterocycles. The van der Waals surface area contributed by atoms with Crippen molar-refractivity contribution in [2.24, 2.45) is 11.3 Å². The first kappa shape index (κ1) is 14.9. The van der Waals surface area contributed by atoms with Gasteiger partial charge in [-0.05, 0) is 36.3 Å². The normalized spacial score (nSPS) is 16.4. The quantitative estimate of drug-likeness (QED) is 0.841. The number of fused-ring (bicyclic) bond motifs is 1. The second-order valence-electron chi connectivity index (χ2n) is 6.19. The summed E-state index contributed by atoms with van der Waals surface area (Å²) in [6.07, 6.45) is 2.42. The maximum atomic E-state index is 12.4. The van der Waals surface area contributed by atoms with E-state index >= 15 is 0 Å². The Morgan fingerprint density at radius 2 is 2.19 bits per heavy atom. The highest BCUT2D eigenvalue weighted by Gasteiger charge is 2.45. The lowest BCUT2D eigenvalue weighted by atomic mass is 9.92. The third-order valence-electron chi connectivity index (χ3n) is 4.61. The average Bonchev–Trinajstić information content (AvgIpc) is 3.17. The van der Waals surface area contributed by atoms with Crippen LogP contribution in [0.2, 0.25) is 0 Å². The zero-order chi connectivity index (χ0) is 15.2. The van der Waals surface area contributed by atoms with E-state index in [0.29, 0.717) is 21.9 Å². The molecule has 5 heteroatoms. The van der Waals surface area contributed by atoms with E-state index in [9.17, 15) is 4.79 Å². The highest BCUT2D eigenvalue weighted by atomic mass is 79.9. The van der Waals surface area contributed by atoms with Crippen LogP contribution in [0.4, 0.5) is 5.69 Å². The summed E-state index contributed by atoms with van der Waals surface area (Å²) in [4.78, 5) is 13.1. The van der Waals surface area contributed by atoms with Gasteiger partial charge in [0.05, 0.1) is 5.69 Å². The molecule has 0 bridgehead atoms. The van der Waals surface area contributed by atoms with Crippen molar-refractivity contribution in [1.82, 2.24) is 5.32 Å². The molecule has 0 atom stereocenters. The second-order valence-corrected chi connectivity index (χ2v) is 8.15. The number of thiophene rings is 1. The van der Waals surface area contributed by atoms with Gasteiger partial charge < -0.3 is 11.1 Å². The van der Waals surface area contributed by atoms with Crippen LogP contribution in [0.3, 0.4) is 0 Å². The van der Waals surface area contributed by atoms with Gasteiger partial charge in [-0.15, -0.1) is 11.3 Å². The summed E-state index contributed by atoms with van der Waals surface area (Å²) in [5.74, 6) is 0.560. The van der Waals surface area contributed by atoms with Crippen LogP contribution in [0.5, 0.6) is 0 Å². The summed E-state index contributed by atoms with van der Waals surface area (Å²) in [6, 6.07) is 5.91. The lowest BCUT2D eigenvalue weighted by Crippen LogP contribution is -2.32. The van der Waals surface area contributed by atoms with E-state index in [2.05, 4.69) is 35.1 Å². The van der Waals surface area contributed by atoms with E-state index in [1.54, 1.807) is 0 Å². The maximum Gasteiger partial charge on any atom is 0.263 e. The van der Waals surface area contributed by atoms with E-state index in [1.807, 2.05) is 18.2 Å². The summed E-state index contributed by atoms with van der Waals surface area (Å²) in [5, 5.41) is 4.04. The molecule has 2 aromatic rings. The number of carbonyl (C=O) groups excluding carboxylic acids is 1. The Balaban J connectivity index is 1.80. The molecule has 1 aromatic carbocycles. The molecule has 1 saturated carbocycles. The lowest BCUT2D eigenvalue weighted by Gasteiger charge is -2.19. The Morgan fingerprint density at radius 1 is 1.48 bits per heavy atom. The second kappa shape index (κ2) is 5.29. The fourth-order valence-corrected chi connectivity index (χ4v) is 4.31. The molecule has 21 heavy (non-hydrogen) atoms. The van der Waals surface area contributed by atoms with Crippen molar-refractivity contribution >= 4 is 48.9 Å². The molecule has 112 valence electrons. The van der Waals surface area contributed by atoms with Crippen molar-refractivity contribution < 1.29 is 4.79 Å². The summed E-state index contributed by atoms with van der Waals surface area (Å²) in [6.45, 7) is 5.20. The van der Waals surface area contributed by atoms with Crippen molar-refractivity contribution in [3.63, 3.8) is 0 Å². The van der Waals surface area contributed by atoms with E-state index in [1.165, 1.54) is 24.2 Å². The first-order valence-electron chi connectivity index (χ1n) is 7.19. The molecule has 3 rings (SSSR count). The summed E-state index contributed by atoms with van der Waals surface area (Å²) in [7, 11) is 0. The molecular formula is C16H19BrN2OS. The number of rotatable bonds is 4. The number of nitrogens with one attached hydrogen (secondary N) is 1. The number of nitrogen functional groups attached to an aromatic ring is 1. The van der Waals surface area contributed by atoms with Gasteiger partial charge in [-0.3, -0.25) is 4.79 Å². The van der Waals surface area contributed by atoms with Crippen LogP contribution in [0.1, 0.15) is 36.4 Å². The monoisotopic (exact) mass is 366 g/mol. The third-order valence-corrected chi connectivity index (χ3v) is 6.28. The van der Waals surface area contributed by atoms with Crippen LogP contribution in [-0.4, -0.2) is 12.5 Å². The fraction of sp³-hybridized carbons (Fsp3) is 0.438. The van der Waals surface area contributed by atoms with E-state index < -0.39 is 0 Å². The summed E-state index contributed by atoms with van der Waals surface area (Å²) in [5.41, 5.74) is 7.04. The molecule has 0 aliphatic heterocycles. The van der Waals surface area contributed by atoms with Gasteiger partial charge >= 0.3 is 0 Å². The average molecular weight is 367 g/mol. The Labute approximate surface area is 137 Å². The molecule has 0 radical (unpaired) electrons. The van der Waals surface area contributed by atoms with Crippen LogP contribution in [0, 0.1) is 11.3 Å². The predicted molar refractivity (Wildman–Crippen MR) is 92.8 cm³/mol. The maximum absolute atomic E-state index is 12.4. The number of amides is 1. The minimum absolute atomic E-state index is 0.0447. The first-order chi connectivity index (χ1) is 9.93. The standard InChI is InChI=1S/C16H19BrN2OS/c1-9(2)16(5-6-16)8-19-15(20)14-13(18)11-4-3-10(17)7-12(11)21-14/h3-4,7,9H,5-6,8,18H2,1-2H3,(H,19,20). The van der Waals surface area contributed by atoms with Gasteiger partial charge in [-0.25, -0.2) is 0 Å². The Bertz CT molecular complexity index is 704. The number of benzene rings is 1. The highest BCUT2D eigenvalue weighted by Crippen LogP contribution is 2.51. The number of anilines is 1. The van der Waals surface area contributed by atoms with Gasteiger partial charge in [0.2, 0.25) is 0 Å². The van der Waals surface area contributed by atoms with E-state index in [0.717, 1.165) is 21.1 Å². The molecule has 1 aliphatic rings. The molecule has 1 aliphatic carbocycles. The van der Waals surface area contributed by atoms with E-state index in [4.69, 9.17) is 5.73 Å². The first-order valence-corrected chi connectivity index (χ1v) is 8.80. The fourth-order valence-electron chi connectivity index (χ4n) is 2.71. The van der Waals surface area contributed by atoms with Crippen LogP contribution in [0.25, 0.3) is 10.1 Å². The van der Waals surface area contributed by atoms with Gasteiger partial charge in [-0.2, -0.15) is 0 Å². The van der Waals surface area contributed by atoms with Gasteiger partial charge in [0, 0.05) is 21.1 Å². The Kier molecular flexibility index (Phi) is 3.74. The lowest BCUT2D eigenvalue weighted by molar-refractivity contribution is 0.0944. The van der Waals surface area contributed by atoms with Crippen LogP contribution < -0.4 is 11.1 Å². The van der Waals surface area contributed by atoms with Crippen LogP contribution in [-0.2, 0) is 0 Å². The summed E-state index contributed by atoms with van der Waals surface area (Å²) < 4.78 is 2.04. The minimum Gasteiger partial charge on any atom is -0.397 e. The van der Waals surface area contributed by atoms with Crippen LogP contribution >= 0.6 is 27.3 Å². The van der Waals surface area contributed by atoms with Gasteiger partial charge in [0.25, 0.3) is 5.91 Å². The molecule has 1 heterocycles. The van der Waals surface area contributed by atoms with Crippen molar-refractivity contribution in [3.8, 4) is 0 Å². The van der Waals surface area contributed by atoms with Crippen molar-refractivity contribution in [2.75, 3.05) is 12.3 Å². The van der Waals surface area contributed by atoms with Crippen molar-refractivity contribution in [1.29, 1.82) is 0 Å². The molecule has 0 spiro atoms. The molecular weight excluding hydrogens is 348 g/mol. The zero-order valence-electron chi connectivity index (χ0n) is 12.2. The van der Waals surface area contributed by atoms with Gasteiger partial charge in [0.1, 0.15) is 4.88 Å².